The van der Waals surface area contributed by atoms with E-state index in [-0.39, 0.29) is 11.2 Å². The van der Waals surface area contributed by atoms with E-state index in [0.717, 1.165) is 21.8 Å². The van der Waals surface area contributed by atoms with Crippen molar-refractivity contribution in [1.29, 1.82) is 0 Å². The number of benzene rings is 2. The smallest absolute Gasteiger partial charge is 0.263 e. The predicted octanol–water partition coefficient (Wildman–Crippen LogP) is 4.94. The zero-order valence-electron chi connectivity index (χ0n) is 14.1. The van der Waals surface area contributed by atoms with Gasteiger partial charge in [0.05, 0.1) is 12.8 Å². The monoisotopic (exact) mass is 396 g/mol. The molecule has 0 fully saturated rings. The molecule has 1 aromatic heterocycles. The average Bonchev–Trinajstić information content (AvgIpc) is 3.00. The van der Waals surface area contributed by atoms with E-state index >= 15 is 0 Å². The quantitative estimate of drug-likeness (QED) is 0.502. The van der Waals surface area contributed by atoms with E-state index in [2.05, 4.69) is 10.3 Å². The van der Waals surface area contributed by atoms with Gasteiger partial charge in [0.25, 0.3) is 5.91 Å². The molecule has 0 saturated carbocycles. The summed E-state index contributed by atoms with van der Waals surface area (Å²) < 4.78 is 59.1. The van der Waals surface area contributed by atoms with E-state index in [1.807, 2.05) is 0 Å². The second-order valence-corrected chi connectivity index (χ2v) is 6.65. The molecule has 0 saturated heterocycles. The largest absolute Gasteiger partial charge is 0.497 e. The lowest BCUT2D eigenvalue weighted by Gasteiger charge is -2.06. The molecule has 0 aliphatic carbocycles. The van der Waals surface area contributed by atoms with E-state index in [0.29, 0.717) is 11.4 Å². The number of thiazole rings is 1. The van der Waals surface area contributed by atoms with Crippen LogP contribution in [-0.2, 0) is 0 Å². The summed E-state index contributed by atoms with van der Waals surface area (Å²) in [4.78, 5) is 17.1. The molecule has 0 bridgehead atoms. The van der Waals surface area contributed by atoms with Gasteiger partial charge < -0.3 is 4.74 Å². The number of nitrogens with one attached hydrogen (secondary N) is 1. The lowest BCUT2D eigenvalue weighted by atomic mass is 10.1. The van der Waals surface area contributed by atoms with Crippen LogP contribution < -0.4 is 10.1 Å². The zero-order chi connectivity index (χ0) is 19.7. The summed E-state index contributed by atoms with van der Waals surface area (Å²) in [7, 11) is 1.53. The van der Waals surface area contributed by atoms with Crippen LogP contribution in [0.15, 0.2) is 30.3 Å². The molecule has 3 aromatic rings. The first-order chi connectivity index (χ1) is 12.8. The molecule has 27 heavy (non-hydrogen) atoms. The lowest BCUT2D eigenvalue weighted by molar-refractivity contribution is 0.101. The molecule has 9 heteroatoms. The third kappa shape index (κ3) is 3.63. The van der Waals surface area contributed by atoms with Gasteiger partial charge in [-0.2, -0.15) is 0 Å². The average molecular weight is 396 g/mol. The SMILES string of the molecule is COc1ccc(-c2nc(NC(=O)c3c(F)c(F)cc(F)c3F)sc2C)cc1. The molecular formula is C18H12F4N2O2S. The maximum Gasteiger partial charge on any atom is 0.263 e. The number of amides is 1. The summed E-state index contributed by atoms with van der Waals surface area (Å²) in [6.45, 7) is 1.75. The molecule has 0 aliphatic heterocycles. The maximum absolute atomic E-state index is 13.7. The van der Waals surface area contributed by atoms with Crippen LogP contribution >= 0.6 is 11.3 Å². The Morgan fingerprint density at radius 1 is 1.07 bits per heavy atom. The van der Waals surface area contributed by atoms with Crippen molar-refractivity contribution < 1.29 is 27.1 Å². The van der Waals surface area contributed by atoms with Gasteiger partial charge >= 0.3 is 0 Å². The van der Waals surface area contributed by atoms with Gasteiger partial charge in [0.15, 0.2) is 28.4 Å². The van der Waals surface area contributed by atoms with Crippen molar-refractivity contribution in [1.82, 2.24) is 4.98 Å². The van der Waals surface area contributed by atoms with Gasteiger partial charge in [-0.05, 0) is 31.2 Å². The first-order valence-electron chi connectivity index (χ1n) is 7.58. The van der Waals surface area contributed by atoms with Crippen LogP contribution in [0.2, 0.25) is 0 Å². The lowest BCUT2D eigenvalue weighted by Crippen LogP contribution is -2.17. The van der Waals surface area contributed by atoms with Crippen LogP contribution in [0.5, 0.6) is 5.75 Å². The van der Waals surface area contributed by atoms with Crippen LogP contribution in [0.3, 0.4) is 0 Å². The van der Waals surface area contributed by atoms with Crippen LogP contribution in [0, 0.1) is 30.2 Å². The molecule has 3 rings (SSSR count). The number of anilines is 1. The minimum absolute atomic E-state index is 0.0341. The highest BCUT2D eigenvalue weighted by Gasteiger charge is 2.25. The number of hydrogen-bond acceptors (Lipinski definition) is 4. The number of rotatable bonds is 4. The Hall–Kier alpha value is -2.94. The predicted molar refractivity (Wildman–Crippen MR) is 93.1 cm³/mol. The molecule has 0 atom stereocenters. The van der Waals surface area contributed by atoms with Gasteiger partial charge in [0, 0.05) is 16.5 Å². The summed E-state index contributed by atoms with van der Waals surface area (Å²) in [6.07, 6.45) is 0. The van der Waals surface area contributed by atoms with Gasteiger partial charge in [-0.15, -0.1) is 11.3 Å². The molecule has 1 N–H and O–H groups in total. The molecule has 1 heterocycles. The van der Waals surface area contributed by atoms with Gasteiger partial charge in [-0.3, -0.25) is 10.1 Å². The number of carbonyl (C=O) groups is 1. The van der Waals surface area contributed by atoms with Crippen molar-refractivity contribution in [3.8, 4) is 17.0 Å². The third-order valence-electron chi connectivity index (χ3n) is 3.72. The summed E-state index contributed by atoms with van der Waals surface area (Å²) in [6, 6.07) is 7.01. The molecule has 4 nitrogen and oxygen atoms in total. The first-order valence-corrected chi connectivity index (χ1v) is 8.39. The minimum Gasteiger partial charge on any atom is -0.497 e. The van der Waals surface area contributed by atoms with Gasteiger partial charge in [0.1, 0.15) is 11.3 Å². The topological polar surface area (TPSA) is 51.2 Å². The molecular weight excluding hydrogens is 384 g/mol. The van der Waals surface area contributed by atoms with Gasteiger partial charge in [-0.1, -0.05) is 0 Å². The van der Waals surface area contributed by atoms with E-state index in [1.165, 1.54) is 7.11 Å². The van der Waals surface area contributed by atoms with Gasteiger partial charge in [0.2, 0.25) is 0 Å². The molecule has 0 radical (unpaired) electrons. The van der Waals surface area contributed by atoms with Crippen LogP contribution in [0.4, 0.5) is 22.7 Å². The van der Waals surface area contributed by atoms with Crippen molar-refractivity contribution in [3.05, 3.63) is 64.0 Å². The van der Waals surface area contributed by atoms with Crippen LogP contribution in [0.25, 0.3) is 11.3 Å². The molecule has 140 valence electrons. The second-order valence-electron chi connectivity index (χ2n) is 5.45. The molecule has 2 aromatic carbocycles. The van der Waals surface area contributed by atoms with E-state index in [4.69, 9.17) is 4.74 Å². The van der Waals surface area contributed by atoms with Crippen LogP contribution in [0.1, 0.15) is 15.2 Å². The van der Waals surface area contributed by atoms with Crippen molar-refractivity contribution in [2.75, 3.05) is 12.4 Å². The molecule has 0 unspecified atom stereocenters. The fourth-order valence-corrected chi connectivity index (χ4v) is 3.23. The number of methoxy groups -OCH3 is 1. The number of hydrogen-bond donors (Lipinski definition) is 1. The minimum atomic E-state index is -1.77. The molecule has 1 amide bonds. The third-order valence-corrected chi connectivity index (χ3v) is 4.61. The number of aryl methyl sites for hydroxylation is 1. The summed E-state index contributed by atoms with van der Waals surface area (Å²) >= 11 is 1.06. The Morgan fingerprint density at radius 2 is 1.67 bits per heavy atom. The summed E-state index contributed by atoms with van der Waals surface area (Å²) in [5.74, 6) is -7.54. The highest BCUT2D eigenvalue weighted by atomic mass is 32.1. The first kappa shape index (κ1) is 18.8. The fourth-order valence-electron chi connectivity index (χ4n) is 2.40. The highest BCUT2D eigenvalue weighted by molar-refractivity contribution is 7.16. The normalized spacial score (nSPS) is 10.7. The van der Waals surface area contributed by atoms with E-state index in [9.17, 15) is 22.4 Å². The van der Waals surface area contributed by atoms with E-state index in [1.54, 1.807) is 31.2 Å². The Balaban J connectivity index is 1.90. The molecule has 0 spiro atoms. The Labute approximate surface area is 155 Å². The number of carbonyl (C=O) groups excluding carboxylic acids is 1. The van der Waals surface area contributed by atoms with E-state index < -0.39 is 34.7 Å². The number of nitrogens with zero attached hydrogens (tertiary/aromatic N) is 1. The number of ether oxygens (including phenoxy) is 1. The Morgan fingerprint density at radius 3 is 2.22 bits per heavy atom. The summed E-state index contributed by atoms with van der Waals surface area (Å²) in [5, 5.41) is 2.21. The van der Waals surface area contributed by atoms with Crippen LogP contribution in [-0.4, -0.2) is 18.0 Å². The second kappa shape index (κ2) is 7.36. The Kier molecular flexibility index (Phi) is 5.13. The standard InChI is InChI=1S/C18H12F4N2O2S/c1-8-16(9-3-5-10(26-2)6-4-9)23-18(27-8)24-17(25)13-14(21)11(19)7-12(20)15(13)22/h3-7H,1-2H3,(H,23,24,25). The fraction of sp³-hybridized carbons (Fsp3) is 0.111. The summed E-state index contributed by atoms with van der Waals surface area (Å²) in [5.41, 5.74) is -0.0603. The number of halogens is 4. The van der Waals surface area contributed by atoms with Gasteiger partial charge in [-0.25, -0.2) is 22.5 Å². The van der Waals surface area contributed by atoms with Crippen molar-refractivity contribution in [2.24, 2.45) is 0 Å². The molecule has 0 aliphatic rings. The zero-order valence-corrected chi connectivity index (χ0v) is 14.9. The highest BCUT2D eigenvalue weighted by Crippen LogP contribution is 2.32. The number of aromatic nitrogens is 1. The maximum atomic E-state index is 13.7. The van der Waals surface area contributed by atoms with Crippen molar-refractivity contribution in [2.45, 2.75) is 6.92 Å². The Bertz CT molecular complexity index is 993. The van der Waals surface area contributed by atoms with Crippen molar-refractivity contribution >= 4 is 22.4 Å². The van der Waals surface area contributed by atoms with Crippen molar-refractivity contribution in [3.63, 3.8) is 0 Å².